The maximum atomic E-state index is 6.09. The average molecular weight is 295 g/mol. The van der Waals surface area contributed by atoms with Crippen LogP contribution in [0.5, 0.6) is 0 Å². The Balaban J connectivity index is 1.60. The first-order valence-electron chi connectivity index (χ1n) is 6.91. The quantitative estimate of drug-likeness (QED) is 0.930. The molecule has 0 unspecified atom stereocenters. The first-order chi connectivity index (χ1) is 9.33. The molecule has 0 saturated carbocycles. The Labute approximate surface area is 123 Å². The van der Waals surface area contributed by atoms with Crippen LogP contribution in [0.3, 0.4) is 0 Å². The molecule has 1 aliphatic heterocycles. The van der Waals surface area contributed by atoms with Crippen molar-refractivity contribution in [3.8, 4) is 0 Å². The predicted molar refractivity (Wildman–Crippen MR) is 84.5 cm³/mol. The largest absolute Gasteiger partial charge is 0.314 e. The molecule has 3 rings (SSSR count). The van der Waals surface area contributed by atoms with E-state index in [1.165, 1.54) is 41.7 Å². The van der Waals surface area contributed by atoms with Gasteiger partial charge in [0.1, 0.15) is 0 Å². The van der Waals surface area contributed by atoms with Crippen molar-refractivity contribution in [3.63, 3.8) is 0 Å². The van der Waals surface area contributed by atoms with Crippen molar-refractivity contribution in [1.82, 2.24) is 10.2 Å². The van der Waals surface area contributed by atoms with Crippen LogP contribution in [0.1, 0.15) is 12.0 Å². The molecule has 0 radical (unpaired) electrons. The van der Waals surface area contributed by atoms with E-state index in [0.717, 1.165) is 24.5 Å². The van der Waals surface area contributed by atoms with Crippen molar-refractivity contribution in [2.75, 3.05) is 32.7 Å². The van der Waals surface area contributed by atoms with Gasteiger partial charge in [0, 0.05) is 35.9 Å². The normalized spacial score (nSPS) is 17.1. The van der Waals surface area contributed by atoms with E-state index in [2.05, 4.69) is 27.7 Å². The summed E-state index contributed by atoms with van der Waals surface area (Å²) in [7, 11) is 0. The highest BCUT2D eigenvalue weighted by atomic mass is 35.5. The van der Waals surface area contributed by atoms with Gasteiger partial charge in [-0.1, -0.05) is 11.6 Å². The highest BCUT2D eigenvalue weighted by Gasteiger charge is 2.10. The molecule has 0 aliphatic carbocycles. The van der Waals surface area contributed by atoms with Crippen LogP contribution in [0, 0.1) is 0 Å². The summed E-state index contributed by atoms with van der Waals surface area (Å²) in [5, 5.41) is 7.87. The van der Waals surface area contributed by atoms with Gasteiger partial charge in [-0.15, -0.1) is 11.3 Å². The fourth-order valence-electron chi connectivity index (χ4n) is 2.68. The van der Waals surface area contributed by atoms with Crippen LogP contribution >= 0.6 is 22.9 Å². The number of nitrogens with zero attached hydrogens (tertiary/aromatic N) is 1. The Hall–Kier alpha value is -0.610. The molecule has 1 aromatic heterocycles. The second kappa shape index (κ2) is 6.23. The fraction of sp³-hybridized carbons (Fsp3) is 0.467. The lowest BCUT2D eigenvalue weighted by Crippen LogP contribution is -2.43. The highest BCUT2D eigenvalue weighted by Crippen LogP contribution is 2.29. The van der Waals surface area contributed by atoms with Gasteiger partial charge in [-0.25, -0.2) is 0 Å². The van der Waals surface area contributed by atoms with Crippen LogP contribution in [-0.2, 0) is 6.42 Å². The van der Waals surface area contributed by atoms with Gasteiger partial charge in [-0.2, -0.15) is 0 Å². The molecule has 1 saturated heterocycles. The average Bonchev–Trinajstić information content (AvgIpc) is 2.83. The van der Waals surface area contributed by atoms with Crippen molar-refractivity contribution in [3.05, 3.63) is 34.2 Å². The number of aryl methyl sites for hydroxylation is 1. The van der Waals surface area contributed by atoms with Crippen molar-refractivity contribution in [1.29, 1.82) is 0 Å². The molecule has 0 spiro atoms. The first kappa shape index (κ1) is 13.4. The predicted octanol–water partition coefficient (Wildman–Crippen LogP) is 3.39. The Morgan fingerprint density at radius 2 is 2.11 bits per heavy atom. The van der Waals surface area contributed by atoms with Gasteiger partial charge >= 0.3 is 0 Å². The van der Waals surface area contributed by atoms with Crippen LogP contribution in [0.15, 0.2) is 23.6 Å². The van der Waals surface area contributed by atoms with Crippen molar-refractivity contribution in [2.45, 2.75) is 12.8 Å². The Morgan fingerprint density at radius 3 is 2.95 bits per heavy atom. The van der Waals surface area contributed by atoms with Crippen LogP contribution in [-0.4, -0.2) is 37.6 Å². The van der Waals surface area contributed by atoms with E-state index < -0.39 is 0 Å². The van der Waals surface area contributed by atoms with E-state index >= 15 is 0 Å². The molecule has 0 atom stereocenters. The van der Waals surface area contributed by atoms with E-state index in [1.54, 1.807) is 0 Å². The summed E-state index contributed by atoms with van der Waals surface area (Å²) in [6.45, 7) is 5.86. The Bertz CT molecular complexity index is 546. The number of benzene rings is 1. The SMILES string of the molecule is Clc1ccc2scc(CCCN3CCNCC3)c2c1. The molecule has 2 heterocycles. The number of rotatable bonds is 4. The maximum absolute atomic E-state index is 6.09. The van der Waals surface area contributed by atoms with Crippen molar-refractivity contribution < 1.29 is 0 Å². The molecule has 1 N–H and O–H groups in total. The topological polar surface area (TPSA) is 15.3 Å². The minimum Gasteiger partial charge on any atom is -0.314 e. The van der Waals surface area contributed by atoms with Gasteiger partial charge in [0.25, 0.3) is 0 Å². The molecule has 4 heteroatoms. The number of halogens is 1. The lowest BCUT2D eigenvalue weighted by molar-refractivity contribution is 0.238. The highest BCUT2D eigenvalue weighted by molar-refractivity contribution is 7.17. The van der Waals surface area contributed by atoms with Gasteiger partial charge in [0.15, 0.2) is 0 Å². The summed E-state index contributed by atoms with van der Waals surface area (Å²) in [6, 6.07) is 6.21. The Morgan fingerprint density at radius 1 is 1.26 bits per heavy atom. The monoisotopic (exact) mass is 294 g/mol. The molecular formula is C15H19ClN2S. The van der Waals surface area contributed by atoms with Gasteiger partial charge in [-0.3, -0.25) is 0 Å². The smallest absolute Gasteiger partial charge is 0.0413 e. The second-order valence-corrected chi connectivity index (χ2v) is 6.44. The van der Waals surface area contributed by atoms with Crippen LogP contribution in [0.4, 0.5) is 0 Å². The van der Waals surface area contributed by atoms with Crippen molar-refractivity contribution >= 4 is 33.0 Å². The molecule has 102 valence electrons. The molecule has 1 aliphatic rings. The number of fused-ring (bicyclic) bond motifs is 1. The number of thiophene rings is 1. The molecule has 1 fully saturated rings. The third-order valence-electron chi connectivity index (χ3n) is 3.75. The summed E-state index contributed by atoms with van der Waals surface area (Å²) >= 11 is 7.92. The van der Waals surface area contributed by atoms with Gasteiger partial charge in [0.2, 0.25) is 0 Å². The van der Waals surface area contributed by atoms with Gasteiger partial charge in [0.05, 0.1) is 0 Å². The van der Waals surface area contributed by atoms with Gasteiger partial charge < -0.3 is 10.2 Å². The third-order valence-corrected chi connectivity index (χ3v) is 4.99. The molecule has 0 amide bonds. The van der Waals surface area contributed by atoms with Crippen LogP contribution in [0.25, 0.3) is 10.1 Å². The third kappa shape index (κ3) is 3.29. The molecule has 2 nitrogen and oxygen atoms in total. The molecule has 2 aromatic rings. The minimum absolute atomic E-state index is 0.842. The molecular weight excluding hydrogens is 276 g/mol. The summed E-state index contributed by atoms with van der Waals surface area (Å²) < 4.78 is 1.35. The summed E-state index contributed by atoms with van der Waals surface area (Å²) in [4.78, 5) is 2.55. The summed E-state index contributed by atoms with van der Waals surface area (Å²) in [5.41, 5.74) is 1.46. The van der Waals surface area contributed by atoms with E-state index in [1.807, 2.05) is 17.4 Å². The van der Waals surface area contributed by atoms with E-state index in [-0.39, 0.29) is 0 Å². The zero-order valence-corrected chi connectivity index (χ0v) is 12.6. The van der Waals surface area contributed by atoms with E-state index in [0.29, 0.717) is 0 Å². The lowest BCUT2D eigenvalue weighted by atomic mass is 10.1. The van der Waals surface area contributed by atoms with E-state index in [4.69, 9.17) is 11.6 Å². The standard InChI is InChI=1S/C15H19ClN2S/c16-13-3-4-15-14(10-13)12(11-19-15)2-1-7-18-8-5-17-6-9-18/h3-4,10-11,17H,1-2,5-9H2. The van der Waals surface area contributed by atoms with Gasteiger partial charge in [-0.05, 0) is 53.9 Å². The maximum Gasteiger partial charge on any atom is 0.0413 e. The minimum atomic E-state index is 0.842. The first-order valence-corrected chi connectivity index (χ1v) is 8.17. The fourth-order valence-corrected chi connectivity index (χ4v) is 3.83. The molecule has 1 aromatic carbocycles. The number of hydrogen-bond acceptors (Lipinski definition) is 3. The van der Waals surface area contributed by atoms with Crippen molar-refractivity contribution in [2.24, 2.45) is 0 Å². The molecule has 0 bridgehead atoms. The second-order valence-electron chi connectivity index (χ2n) is 5.10. The van der Waals surface area contributed by atoms with Crippen LogP contribution in [0.2, 0.25) is 5.02 Å². The van der Waals surface area contributed by atoms with Crippen LogP contribution < -0.4 is 5.32 Å². The summed E-state index contributed by atoms with van der Waals surface area (Å²) in [5.74, 6) is 0. The molecule has 19 heavy (non-hydrogen) atoms. The number of piperazine rings is 1. The zero-order chi connectivity index (χ0) is 13.1. The Kier molecular flexibility index (Phi) is 4.38. The number of nitrogens with one attached hydrogen (secondary N) is 1. The van der Waals surface area contributed by atoms with E-state index in [9.17, 15) is 0 Å². The lowest BCUT2D eigenvalue weighted by Gasteiger charge is -2.26. The zero-order valence-electron chi connectivity index (χ0n) is 11.0. The summed E-state index contributed by atoms with van der Waals surface area (Å²) in [6.07, 6.45) is 2.39. The number of hydrogen-bond donors (Lipinski definition) is 1.